The van der Waals surface area contributed by atoms with Gasteiger partial charge in [-0.05, 0) is 43.2 Å². The third-order valence-electron chi connectivity index (χ3n) is 6.05. The molecule has 1 atom stereocenters. The number of fused-ring (bicyclic) bond motifs is 1. The molecule has 2 saturated heterocycles. The Bertz CT molecular complexity index is 1280. The molecule has 0 unspecified atom stereocenters. The number of methoxy groups -OCH3 is 1. The lowest BCUT2D eigenvalue weighted by atomic mass is 10.2. The van der Waals surface area contributed by atoms with Gasteiger partial charge in [0.15, 0.2) is 5.13 Å². The number of hydrogen-bond acceptors (Lipinski definition) is 8. The van der Waals surface area contributed by atoms with Crippen LogP contribution in [0.1, 0.15) is 12.8 Å². The van der Waals surface area contributed by atoms with Crippen molar-refractivity contribution in [2.24, 2.45) is 0 Å². The van der Waals surface area contributed by atoms with Crippen molar-refractivity contribution in [1.82, 2.24) is 14.2 Å². The Morgan fingerprint density at radius 2 is 1.91 bits per heavy atom. The molecule has 176 valence electrons. The second kappa shape index (κ2) is 9.03. The van der Waals surface area contributed by atoms with Gasteiger partial charge in [0.05, 0.1) is 21.7 Å². The van der Waals surface area contributed by atoms with Crippen LogP contribution in [0.4, 0.5) is 5.13 Å². The Labute approximate surface area is 205 Å². The molecule has 8 nitrogen and oxygen atoms in total. The molecule has 0 radical (unpaired) electrons. The van der Waals surface area contributed by atoms with Crippen LogP contribution >= 0.6 is 34.3 Å². The molecule has 0 spiro atoms. The van der Waals surface area contributed by atoms with Gasteiger partial charge in [-0.3, -0.25) is 4.79 Å². The van der Waals surface area contributed by atoms with Crippen LogP contribution in [0.5, 0.6) is 5.75 Å². The molecular weight excluding hydrogens is 504 g/mol. The third-order valence-corrected chi connectivity index (χ3v) is 10.7. The molecule has 0 aliphatic carbocycles. The van der Waals surface area contributed by atoms with Crippen LogP contribution in [-0.4, -0.2) is 74.4 Å². The molecule has 33 heavy (non-hydrogen) atoms. The van der Waals surface area contributed by atoms with E-state index in [1.54, 1.807) is 29.4 Å². The van der Waals surface area contributed by atoms with Crippen molar-refractivity contribution < 1.29 is 17.9 Å². The summed E-state index contributed by atoms with van der Waals surface area (Å²) in [7, 11) is -2.09. The molecule has 4 heterocycles. The standard InChI is InChI=1S/C21H23ClN4O4S3/c1-30-14-4-5-15-17(13-14)31-21(23-15)25-11-9-24(10-12-25)20(27)16-3-2-8-26(16)33(28,29)19-7-6-18(22)32-19/h4-7,13,16H,2-3,8-12H2,1H3/t16-/m1/s1. The Balaban J connectivity index is 1.26. The Morgan fingerprint density at radius 1 is 1.12 bits per heavy atom. The van der Waals surface area contributed by atoms with Gasteiger partial charge in [0.1, 0.15) is 16.0 Å². The molecule has 2 aliphatic rings. The molecule has 2 aromatic heterocycles. The number of anilines is 1. The number of halogens is 1. The molecule has 5 rings (SSSR count). The summed E-state index contributed by atoms with van der Waals surface area (Å²) in [5.74, 6) is 0.682. The summed E-state index contributed by atoms with van der Waals surface area (Å²) in [5.41, 5.74) is 0.926. The quantitative estimate of drug-likeness (QED) is 0.506. The van der Waals surface area contributed by atoms with Gasteiger partial charge in [-0.1, -0.05) is 22.9 Å². The van der Waals surface area contributed by atoms with E-state index in [1.165, 1.54) is 10.4 Å². The van der Waals surface area contributed by atoms with Gasteiger partial charge in [0.2, 0.25) is 5.91 Å². The highest BCUT2D eigenvalue weighted by molar-refractivity contribution is 7.91. The predicted octanol–water partition coefficient (Wildman–Crippen LogP) is 3.52. The Morgan fingerprint density at radius 3 is 2.61 bits per heavy atom. The topological polar surface area (TPSA) is 83.1 Å². The third kappa shape index (κ3) is 4.32. The van der Waals surface area contributed by atoms with Crippen molar-refractivity contribution in [2.45, 2.75) is 23.1 Å². The first-order valence-electron chi connectivity index (χ1n) is 10.6. The molecule has 3 aromatic rings. The first kappa shape index (κ1) is 22.9. The maximum atomic E-state index is 13.3. The largest absolute Gasteiger partial charge is 0.497 e. The van der Waals surface area contributed by atoms with E-state index < -0.39 is 16.1 Å². The van der Waals surface area contributed by atoms with Crippen LogP contribution < -0.4 is 9.64 Å². The highest BCUT2D eigenvalue weighted by Gasteiger charge is 2.42. The highest BCUT2D eigenvalue weighted by Crippen LogP contribution is 2.34. The fourth-order valence-corrected chi connectivity index (χ4v) is 8.62. The number of hydrogen-bond donors (Lipinski definition) is 0. The fraction of sp³-hybridized carbons (Fsp3) is 0.429. The lowest BCUT2D eigenvalue weighted by molar-refractivity contribution is -0.134. The molecule has 2 aliphatic heterocycles. The second-order valence-electron chi connectivity index (χ2n) is 7.97. The number of thiophene rings is 1. The average Bonchev–Trinajstić information content (AvgIpc) is 3.57. The van der Waals surface area contributed by atoms with Gasteiger partial charge in [0, 0.05) is 32.7 Å². The van der Waals surface area contributed by atoms with E-state index in [0.717, 1.165) is 32.4 Å². The first-order chi connectivity index (χ1) is 15.9. The van der Waals surface area contributed by atoms with Crippen LogP contribution in [0.3, 0.4) is 0 Å². The summed E-state index contributed by atoms with van der Waals surface area (Å²) in [5, 5.41) is 0.921. The van der Waals surface area contributed by atoms with E-state index >= 15 is 0 Å². The average molecular weight is 527 g/mol. The van der Waals surface area contributed by atoms with E-state index in [1.807, 2.05) is 18.2 Å². The first-order valence-corrected chi connectivity index (χ1v) is 14.1. The number of aromatic nitrogens is 1. The number of nitrogens with zero attached hydrogens (tertiary/aromatic N) is 4. The lowest BCUT2D eigenvalue weighted by Crippen LogP contribution is -2.54. The van der Waals surface area contributed by atoms with E-state index in [0.29, 0.717) is 49.9 Å². The van der Waals surface area contributed by atoms with E-state index in [9.17, 15) is 13.2 Å². The zero-order chi connectivity index (χ0) is 23.2. The molecule has 0 saturated carbocycles. The van der Waals surface area contributed by atoms with Gasteiger partial charge < -0.3 is 14.5 Å². The van der Waals surface area contributed by atoms with E-state index in [2.05, 4.69) is 4.90 Å². The van der Waals surface area contributed by atoms with Crippen LogP contribution in [0, 0.1) is 0 Å². The minimum absolute atomic E-state index is 0.118. The fourth-order valence-electron chi connectivity index (χ4n) is 4.31. The molecule has 2 fully saturated rings. The minimum Gasteiger partial charge on any atom is -0.497 e. The van der Waals surface area contributed by atoms with Crippen LogP contribution in [0.15, 0.2) is 34.5 Å². The summed E-state index contributed by atoms with van der Waals surface area (Å²) < 4.78 is 34.5. The number of ether oxygens (including phenoxy) is 1. The van der Waals surface area contributed by atoms with Crippen molar-refractivity contribution in [3.05, 3.63) is 34.7 Å². The van der Waals surface area contributed by atoms with Gasteiger partial charge in [-0.15, -0.1) is 11.3 Å². The van der Waals surface area contributed by atoms with Gasteiger partial charge in [-0.2, -0.15) is 4.31 Å². The smallest absolute Gasteiger partial charge is 0.253 e. The van der Waals surface area contributed by atoms with Gasteiger partial charge in [0.25, 0.3) is 10.0 Å². The number of benzene rings is 1. The Hall–Kier alpha value is -1.92. The number of thiazole rings is 1. The van der Waals surface area contributed by atoms with Crippen LogP contribution in [-0.2, 0) is 14.8 Å². The monoisotopic (exact) mass is 526 g/mol. The second-order valence-corrected chi connectivity index (χ2v) is 12.8. The zero-order valence-electron chi connectivity index (χ0n) is 17.9. The SMILES string of the molecule is COc1ccc2nc(N3CCN(C(=O)[C@H]4CCCN4S(=O)(=O)c4ccc(Cl)s4)CC3)sc2c1. The van der Waals surface area contributed by atoms with Crippen molar-refractivity contribution >= 4 is 65.6 Å². The molecule has 12 heteroatoms. The summed E-state index contributed by atoms with van der Waals surface area (Å²) in [6.45, 7) is 2.73. The molecular formula is C21H23ClN4O4S3. The van der Waals surface area contributed by atoms with Crippen molar-refractivity contribution in [1.29, 1.82) is 0 Å². The van der Waals surface area contributed by atoms with Gasteiger partial charge in [-0.25, -0.2) is 13.4 Å². The summed E-state index contributed by atoms with van der Waals surface area (Å²) in [6, 6.07) is 8.25. The predicted molar refractivity (Wildman–Crippen MR) is 131 cm³/mol. The molecule has 0 bridgehead atoms. The maximum absolute atomic E-state index is 13.3. The van der Waals surface area contributed by atoms with Crippen molar-refractivity contribution in [3.63, 3.8) is 0 Å². The molecule has 1 amide bonds. The summed E-state index contributed by atoms with van der Waals surface area (Å²) >= 11 is 8.57. The maximum Gasteiger partial charge on any atom is 0.253 e. The van der Waals surface area contributed by atoms with Gasteiger partial charge >= 0.3 is 0 Å². The number of sulfonamides is 1. The Kier molecular flexibility index (Phi) is 6.25. The zero-order valence-corrected chi connectivity index (χ0v) is 21.1. The summed E-state index contributed by atoms with van der Waals surface area (Å²) in [6.07, 6.45) is 1.21. The number of piperazine rings is 1. The lowest BCUT2D eigenvalue weighted by Gasteiger charge is -2.37. The number of carbonyl (C=O) groups excluding carboxylic acids is 1. The van der Waals surface area contributed by atoms with Crippen LogP contribution in [0.25, 0.3) is 10.2 Å². The van der Waals surface area contributed by atoms with E-state index in [4.69, 9.17) is 21.3 Å². The van der Waals surface area contributed by atoms with Crippen molar-refractivity contribution in [2.75, 3.05) is 44.7 Å². The minimum atomic E-state index is -3.73. The molecule has 1 aromatic carbocycles. The van der Waals surface area contributed by atoms with Crippen molar-refractivity contribution in [3.8, 4) is 5.75 Å². The number of amides is 1. The summed E-state index contributed by atoms with van der Waals surface area (Å²) in [4.78, 5) is 22.0. The molecule has 0 N–H and O–H groups in total. The number of carbonyl (C=O) groups is 1. The van der Waals surface area contributed by atoms with E-state index in [-0.39, 0.29) is 10.1 Å². The highest BCUT2D eigenvalue weighted by atomic mass is 35.5. The normalized spacial score (nSPS) is 20.0. The number of rotatable bonds is 5. The van der Waals surface area contributed by atoms with Crippen LogP contribution in [0.2, 0.25) is 4.34 Å².